The Morgan fingerprint density at radius 3 is 2.46 bits per heavy atom. The van der Waals surface area contributed by atoms with Crippen LogP contribution in [-0.4, -0.2) is 107 Å². The lowest BCUT2D eigenvalue weighted by molar-refractivity contribution is -0.132. The molecule has 222 valence electrons. The number of hydrogen-bond acceptors (Lipinski definition) is 14. The van der Waals surface area contributed by atoms with Crippen LogP contribution in [0.2, 0.25) is 0 Å². The maximum Gasteiger partial charge on any atom is 0.479 e. The maximum atomic E-state index is 12.5. The van der Waals surface area contributed by atoms with Gasteiger partial charge in [0.05, 0.1) is 24.9 Å². The molecule has 1 amide bonds. The number of H-pyrrole nitrogens is 1. The molecule has 39 heavy (non-hydrogen) atoms. The topological polar surface area (TPSA) is 280 Å². The van der Waals surface area contributed by atoms with Crippen molar-refractivity contribution in [3.05, 3.63) is 33.1 Å². The molecule has 1 aromatic rings. The minimum Gasteiger partial charge on any atom is -0.396 e. The average molecular weight is 621 g/mol. The molecular weight excluding hydrogens is 592 g/mol. The van der Waals surface area contributed by atoms with E-state index in [1.165, 1.54) is 0 Å². The van der Waals surface area contributed by atoms with Gasteiger partial charge >= 0.3 is 20.2 Å². The van der Waals surface area contributed by atoms with Crippen molar-refractivity contribution in [2.24, 2.45) is 5.92 Å². The first-order valence-corrected chi connectivity index (χ1v) is 15.4. The predicted octanol–water partition coefficient (Wildman–Crippen LogP) is -3.87. The summed E-state index contributed by atoms with van der Waals surface area (Å²) in [4.78, 5) is 57.2. The van der Waals surface area contributed by atoms with Crippen molar-refractivity contribution in [3.8, 4) is 0 Å². The number of amides is 1. The van der Waals surface area contributed by atoms with Crippen LogP contribution < -0.4 is 16.6 Å². The largest absolute Gasteiger partial charge is 0.479 e. The molecule has 11 atom stereocenters. The third-order valence-electron chi connectivity index (χ3n) is 6.08. The highest BCUT2D eigenvalue weighted by molar-refractivity contribution is 8.08. The number of carbonyl (C=O) groups excluding carboxylic acids is 1. The smallest absolute Gasteiger partial charge is 0.396 e. The Balaban J connectivity index is 1.66. The van der Waals surface area contributed by atoms with Crippen molar-refractivity contribution in [3.63, 3.8) is 0 Å². The van der Waals surface area contributed by atoms with Crippen LogP contribution in [0.25, 0.3) is 0 Å². The zero-order valence-electron chi connectivity index (χ0n) is 20.1. The Labute approximate surface area is 224 Å². The van der Waals surface area contributed by atoms with Gasteiger partial charge in [0.1, 0.15) is 24.4 Å². The number of rotatable bonds is 10. The first-order valence-electron chi connectivity index (χ1n) is 11.3. The molecule has 2 aliphatic rings. The molecule has 1 saturated carbocycles. The lowest BCUT2D eigenvalue weighted by Crippen LogP contribution is -2.61. The zero-order valence-corrected chi connectivity index (χ0v) is 22.7. The number of nitrogens with one attached hydrogen (secondary N) is 2. The molecule has 18 nitrogen and oxygen atoms in total. The zero-order chi connectivity index (χ0) is 29.3. The van der Waals surface area contributed by atoms with Gasteiger partial charge in [0.15, 0.2) is 6.23 Å². The van der Waals surface area contributed by atoms with Crippen molar-refractivity contribution < 1.29 is 62.8 Å². The summed E-state index contributed by atoms with van der Waals surface area (Å²) in [6.45, 7) is -5.09. The summed E-state index contributed by atoms with van der Waals surface area (Å²) in [7, 11) is -5.25. The summed E-state index contributed by atoms with van der Waals surface area (Å²) < 4.78 is 33.2. The number of ether oxygens (including phenoxy) is 1. The minimum absolute atomic E-state index is 0.246. The number of aromatic nitrogens is 2. The molecule has 2 fully saturated rings. The summed E-state index contributed by atoms with van der Waals surface area (Å²) in [5, 5.41) is 52.7. The van der Waals surface area contributed by atoms with E-state index in [9.17, 15) is 54.3 Å². The third kappa shape index (κ3) is 7.87. The van der Waals surface area contributed by atoms with Gasteiger partial charge in [-0.15, -0.1) is 0 Å². The van der Waals surface area contributed by atoms with E-state index in [2.05, 4.69) is 9.63 Å². The van der Waals surface area contributed by atoms with Gasteiger partial charge in [0.2, 0.25) is 5.91 Å². The van der Waals surface area contributed by atoms with Crippen LogP contribution >= 0.6 is 14.5 Å². The fraction of sp³-hybridized carbons (Fsp3) is 0.722. The number of phosphoric ester groups is 1. The van der Waals surface area contributed by atoms with Gasteiger partial charge in [-0.2, -0.15) is 0 Å². The fourth-order valence-electron chi connectivity index (χ4n) is 4.24. The van der Waals surface area contributed by atoms with E-state index in [1.54, 1.807) is 0 Å². The molecule has 11 unspecified atom stereocenters. The molecule has 21 heteroatoms. The highest BCUT2D eigenvalue weighted by Crippen LogP contribution is 2.62. The number of carbonyl (C=O) groups is 1. The molecular formula is C18H29N3O15P2S. The van der Waals surface area contributed by atoms with Gasteiger partial charge in [-0.3, -0.25) is 23.7 Å². The van der Waals surface area contributed by atoms with E-state index in [0.717, 1.165) is 23.8 Å². The molecule has 9 N–H and O–H groups in total. The summed E-state index contributed by atoms with van der Waals surface area (Å²) in [6, 6.07) is -0.378. The van der Waals surface area contributed by atoms with Gasteiger partial charge in [-0.25, -0.2) is 13.7 Å². The second kappa shape index (κ2) is 12.6. The van der Waals surface area contributed by atoms with E-state index in [-0.39, 0.29) is 6.42 Å². The van der Waals surface area contributed by atoms with Crippen LogP contribution in [0.1, 0.15) is 19.6 Å². The Bertz CT molecular complexity index is 1240. The van der Waals surface area contributed by atoms with Crippen LogP contribution in [-0.2, 0) is 39.3 Å². The fourth-order valence-corrected chi connectivity index (χ4v) is 7.61. The average Bonchev–Trinajstić information content (AvgIpc) is 3.10. The predicted molar refractivity (Wildman–Crippen MR) is 130 cm³/mol. The van der Waals surface area contributed by atoms with E-state index in [4.69, 9.17) is 25.6 Å². The van der Waals surface area contributed by atoms with Crippen LogP contribution in [0.5, 0.6) is 0 Å². The lowest BCUT2D eigenvalue weighted by Gasteiger charge is -2.42. The maximum absolute atomic E-state index is 12.5. The van der Waals surface area contributed by atoms with Gasteiger partial charge in [0, 0.05) is 31.7 Å². The van der Waals surface area contributed by atoms with Gasteiger partial charge in [0.25, 0.3) is 5.56 Å². The van der Waals surface area contributed by atoms with Crippen molar-refractivity contribution >= 4 is 32.3 Å². The van der Waals surface area contributed by atoms with E-state index < -0.39 is 99.7 Å². The lowest BCUT2D eigenvalue weighted by atomic mass is 9.80. The van der Waals surface area contributed by atoms with Crippen molar-refractivity contribution in [1.82, 2.24) is 14.9 Å². The number of phosphoric acid groups is 1. The third-order valence-corrected chi connectivity index (χ3v) is 9.60. The van der Waals surface area contributed by atoms with Crippen molar-refractivity contribution in [2.45, 2.75) is 62.2 Å². The molecule has 0 radical (unpaired) electrons. The van der Waals surface area contributed by atoms with Crippen molar-refractivity contribution in [1.29, 1.82) is 0 Å². The minimum atomic E-state index is -5.25. The summed E-state index contributed by atoms with van der Waals surface area (Å²) >= 11 is 4.78. The molecule has 1 aliphatic carbocycles. The van der Waals surface area contributed by atoms with Gasteiger partial charge < -0.3 is 49.9 Å². The number of aromatic amines is 1. The normalized spacial score (nSPS) is 36.2. The number of aliphatic hydroxyl groups is 5. The van der Waals surface area contributed by atoms with Crippen LogP contribution in [0.3, 0.4) is 0 Å². The Morgan fingerprint density at radius 1 is 1.21 bits per heavy atom. The first kappa shape index (κ1) is 32.1. The summed E-state index contributed by atoms with van der Waals surface area (Å²) in [5.74, 6) is -1.61. The summed E-state index contributed by atoms with van der Waals surface area (Å²) in [5.41, 5.74) is -1.69. The number of nitrogens with zero attached hydrogens (tertiary/aromatic N) is 1. The van der Waals surface area contributed by atoms with E-state index >= 15 is 0 Å². The molecule has 3 rings (SSSR count). The van der Waals surface area contributed by atoms with Gasteiger partial charge in [-0.1, -0.05) is 0 Å². The van der Waals surface area contributed by atoms with Gasteiger partial charge in [-0.05, 0) is 18.2 Å². The van der Waals surface area contributed by atoms with Crippen molar-refractivity contribution in [2.75, 3.05) is 13.2 Å². The van der Waals surface area contributed by atoms with Crippen LogP contribution in [0.4, 0.5) is 0 Å². The van der Waals surface area contributed by atoms with Crippen LogP contribution in [0, 0.1) is 5.92 Å². The Hall–Kier alpha value is -1.41. The number of hydrogen-bond donors (Lipinski definition) is 9. The van der Waals surface area contributed by atoms with E-state index in [1.807, 2.05) is 4.98 Å². The molecule has 0 spiro atoms. The summed E-state index contributed by atoms with van der Waals surface area (Å²) in [6.07, 6.45) is -10.2. The second-order valence-electron chi connectivity index (χ2n) is 8.91. The van der Waals surface area contributed by atoms with Crippen LogP contribution in [0.15, 0.2) is 21.9 Å². The first-order chi connectivity index (χ1) is 18.0. The second-order valence-corrected chi connectivity index (χ2v) is 13.3. The number of aliphatic hydroxyl groups excluding tert-OH is 5. The Kier molecular flexibility index (Phi) is 10.4. The van der Waals surface area contributed by atoms with E-state index in [0.29, 0.717) is 0 Å². The quantitative estimate of drug-likeness (QED) is 0.113. The molecule has 2 heterocycles. The Morgan fingerprint density at radius 2 is 1.87 bits per heavy atom. The molecule has 0 aromatic carbocycles. The molecule has 1 aliphatic heterocycles. The standard InChI is InChI=1S/C18H29N3O15P2S/c1-7(23)19-12-9(4-8(5-22)13(25)15(12)27)35-38(32,39)36-37(30,31)33-6-10-14(26)16(28)17(34-10)21-3-2-11(24)20-18(21)29/h2-3,8-10,12-17,22,25-28H,4-6H2,1H3,(H,19,23)(H,30,31)(H,32,39)(H,20,24,29). The molecule has 0 bridgehead atoms. The highest BCUT2D eigenvalue weighted by atomic mass is 32.5. The molecule has 1 saturated heterocycles. The monoisotopic (exact) mass is 621 g/mol. The SMILES string of the molecule is CC(=O)NC1C(OP(O)(=S)OP(=O)(O)OCC2OC(n3ccc(=O)[nH]c3=O)C(O)C2O)CC(CO)C(O)C1O. The highest BCUT2D eigenvalue weighted by Gasteiger charge is 2.48. The molecule has 1 aromatic heterocycles.